The molecule has 1 saturated heterocycles. The molecule has 4 nitrogen and oxygen atoms in total. The molecule has 1 aromatic rings. The summed E-state index contributed by atoms with van der Waals surface area (Å²) < 4.78 is 5.94. The highest BCUT2D eigenvalue weighted by molar-refractivity contribution is 5.85. The number of pyridine rings is 1. The molecule has 0 radical (unpaired) electrons. The molecule has 90 valence electrons. The lowest BCUT2D eigenvalue weighted by atomic mass is 9.69. The normalized spacial score (nSPS) is 29.5. The molecule has 1 aromatic heterocycles. The van der Waals surface area contributed by atoms with Crippen LogP contribution in [0.5, 0.6) is 5.75 Å². The molecule has 0 spiro atoms. The second-order valence-corrected chi connectivity index (χ2v) is 4.48. The highest BCUT2D eigenvalue weighted by Crippen LogP contribution is 2.39. The minimum absolute atomic E-state index is 0. The van der Waals surface area contributed by atoms with Gasteiger partial charge in [0.25, 0.3) is 0 Å². The number of hydrogen-bond acceptors (Lipinski definition) is 4. The monoisotopic (exact) mass is 251 g/mol. The maximum atomic E-state index is 8.94. The summed E-state index contributed by atoms with van der Waals surface area (Å²) >= 11 is 0. The summed E-state index contributed by atoms with van der Waals surface area (Å²) in [4.78, 5) is 3.92. The van der Waals surface area contributed by atoms with Crippen molar-refractivity contribution in [2.75, 3.05) is 13.1 Å². The fraction of sp³-hybridized carbons (Fsp3) is 0.500. The number of piperidine rings is 2. The Balaban J connectivity index is 0.00000108. The Morgan fingerprint density at radius 1 is 1.41 bits per heavy atom. The molecular weight excluding hydrogens is 238 g/mol. The average Bonchev–Trinajstić information content (AvgIpc) is 2.37. The van der Waals surface area contributed by atoms with Crippen LogP contribution in [-0.4, -0.2) is 24.2 Å². The summed E-state index contributed by atoms with van der Waals surface area (Å²) in [7, 11) is 0. The molecule has 2 bridgehead atoms. The highest BCUT2D eigenvalue weighted by atomic mass is 35.5. The summed E-state index contributed by atoms with van der Waals surface area (Å²) in [5.41, 5.74) is 0.528. The molecule has 1 aliphatic heterocycles. The van der Waals surface area contributed by atoms with Gasteiger partial charge < -0.3 is 10.1 Å². The Kier molecular flexibility index (Phi) is 3.51. The second-order valence-electron chi connectivity index (χ2n) is 4.48. The minimum atomic E-state index is 0. The van der Waals surface area contributed by atoms with Crippen LogP contribution in [-0.2, 0) is 0 Å². The molecule has 1 saturated carbocycles. The van der Waals surface area contributed by atoms with E-state index in [4.69, 9.17) is 10.00 Å². The fourth-order valence-electron chi connectivity index (χ4n) is 2.61. The molecule has 2 fully saturated rings. The molecule has 5 heteroatoms. The number of nitrogens with zero attached hydrogens (tertiary/aromatic N) is 2. The predicted octanol–water partition coefficient (Wildman–Crippen LogP) is 1.36. The van der Waals surface area contributed by atoms with Crippen LogP contribution in [0.4, 0.5) is 0 Å². The molecule has 17 heavy (non-hydrogen) atoms. The topological polar surface area (TPSA) is 57.9 Å². The Hall–Kier alpha value is -1.31. The predicted molar refractivity (Wildman–Crippen MR) is 65.1 cm³/mol. The van der Waals surface area contributed by atoms with Gasteiger partial charge in [-0.2, -0.15) is 5.26 Å². The maximum absolute atomic E-state index is 8.94. The Morgan fingerprint density at radius 2 is 2.18 bits per heavy atom. The van der Waals surface area contributed by atoms with E-state index in [9.17, 15) is 0 Å². The molecule has 2 heterocycles. The molecule has 1 N–H and O–H groups in total. The molecule has 2 aliphatic rings. The summed E-state index contributed by atoms with van der Waals surface area (Å²) in [5, 5.41) is 12.3. The molecule has 3 rings (SSSR count). The van der Waals surface area contributed by atoms with Crippen LogP contribution >= 0.6 is 12.4 Å². The fourth-order valence-corrected chi connectivity index (χ4v) is 2.61. The first-order valence-electron chi connectivity index (χ1n) is 5.60. The first-order valence-corrected chi connectivity index (χ1v) is 5.60. The molecule has 3 atom stereocenters. The van der Waals surface area contributed by atoms with E-state index < -0.39 is 0 Å². The maximum Gasteiger partial charge on any atom is 0.140 e. The Bertz CT molecular complexity index is 432. The van der Waals surface area contributed by atoms with Crippen molar-refractivity contribution in [3.63, 3.8) is 0 Å². The quantitative estimate of drug-likeness (QED) is 0.862. The van der Waals surface area contributed by atoms with Crippen LogP contribution in [0, 0.1) is 23.2 Å². The van der Waals surface area contributed by atoms with Gasteiger partial charge in [-0.25, -0.2) is 0 Å². The van der Waals surface area contributed by atoms with Gasteiger partial charge in [0.15, 0.2) is 0 Å². The van der Waals surface area contributed by atoms with Gasteiger partial charge in [0, 0.05) is 37.3 Å². The van der Waals surface area contributed by atoms with Gasteiger partial charge in [-0.1, -0.05) is 0 Å². The second kappa shape index (κ2) is 4.91. The van der Waals surface area contributed by atoms with Crippen LogP contribution in [0.1, 0.15) is 12.0 Å². The largest absolute Gasteiger partial charge is 0.488 e. The number of ether oxygens (including phenoxy) is 1. The standard InChI is InChI=1S/C12H13N3O.ClH/c13-4-10-7-14-2-1-11(10)16-12-8-3-9(12)6-15-5-8;/h1-2,7-9,12,15H,3,5-6H2;1H/t8-,9+,12?;. The van der Waals surface area contributed by atoms with Crippen molar-refractivity contribution >= 4 is 12.4 Å². The van der Waals surface area contributed by atoms with Crippen molar-refractivity contribution in [3.05, 3.63) is 24.0 Å². The van der Waals surface area contributed by atoms with Crippen molar-refractivity contribution in [2.24, 2.45) is 11.8 Å². The number of aromatic nitrogens is 1. The van der Waals surface area contributed by atoms with Gasteiger partial charge in [-0.15, -0.1) is 12.4 Å². The van der Waals surface area contributed by atoms with Gasteiger partial charge in [-0.05, 0) is 12.5 Å². The van der Waals surface area contributed by atoms with E-state index in [1.54, 1.807) is 18.5 Å². The van der Waals surface area contributed by atoms with Crippen molar-refractivity contribution in [3.8, 4) is 11.8 Å². The van der Waals surface area contributed by atoms with Gasteiger partial charge in [-0.3, -0.25) is 4.98 Å². The van der Waals surface area contributed by atoms with Crippen LogP contribution in [0.2, 0.25) is 0 Å². The number of nitrogens with one attached hydrogen (secondary N) is 1. The average molecular weight is 252 g/mol. The zero-order chi connectivity index (χ0) is 11.0. The molecule has 0 amide bonds. The third-order valence-corrected chi connectivity index (χ3v) is 3.51. The van der Waals surface area contributed by atoms with Crippen molar-refractivity contribution in [1.82, 2.24) is 10.3 Å². The first-order chi connectivity index (χ1) is 7.88. The Labute approximate surface area is 106 Å². The van der Waals surface area contributed by atoms with Crippen LogP contribution in [0.3, 0.4) is 0 Å². The third-order valence-electron chi connectivity index (χ3n) is 3.51. The van der Waals surface area contributed by atoms with Crippen LogP contribution in [0.15, 0.2) is 18.5 Å². The van der Waals surface area contributed by atoms with Gasteiger partial charge in [0.2, 0.25) is 0 Å². The molecule has 0 aromatic carbocycles. The van der Waals surface area contributed by atoms with E-state index in [0.29, 0.717) is 23.1 Å². The van der Waals surface area contributed by atoms with E-state index in [1.165, 1.54) is 6.42 Å². The van der Waals surface area contributed by atoms with Crippen LogP contribution in [0.25, 0.3) is 0 Å². The number of fused-ring (bicyclic) bond motifs is 2. The summed E-state index contributed by atoms with van der Waals surface area (Å²) in [5.74, 6) is 1.90. The van der Waals surface area contributed by atoms with Crippen molar-refractivity contribution < 1.29 is 4.74 Å². The van der Waals surface area contributed by atoms with Crippen LogP contribution < -0.4 is 10.1 Å². The van der Waals surface area contributed by atoms with E-state index in [-0.39, 0.29) is 18.5 Å². The zero-order valence-electron chi connectivity index (χ0n) is 9.30. The number of rotatable bonds is 2. The van der Waals surface area contributed by atoms with Crippen molar-refractivity contribution in [1.29, 1.82) is 5.26 Å². The van der Waals surface area contributed by atoms with Gasteiger partial charge >= 0.3 is 0 Å². The van der Waals surface area contributed by atoms with Crippen molar-refractivity contribution in [2.45, 2.75) is 12.5 Å². The first kappa shape index (κ1) is 12.2. The Morgan fingerprint density at radius 3 is 2.82 bits per heavy atom. The molecule has 1 aliphatic carbocycles. The minimum Gasteiger partial charge on any atom is -0.488 e. The summed E-state index contributed by atoms with van der Waals surface area (Å²) in [6.45, 7) is 2.07. The SMILES string of the molecule is Cl.N#Cc1cnccc1OC1[C@@H]2CNC[C@H]1C2. The molecular formula is C12H14ClN3O. The lowest BCUT2D eigenvalue weighted by molar-refractivity contribution is -0.0447. The summed E-state index contributed by atoms with van der Waals surface area (Å²) in [6, 6.07) is 3.89. The van der Waals surface area contributed by atoms with Gasteiger partial charge in [0.1, 0.15) is 23.5 Å². The van der Waals surface area contributed by atoms with E-state index in [1.807, 2.05) is 0 Å². The smallest absolute Gasteiger partial charge is 0.140 e. The third kappa shape index (κ3) is 2.08. The highest BCUT2D eigenvalue weighted by Gasteiger charge is 2.45. The number of nitriles is 1. The van der Waals surface area contributed by atoms with E-state index in [2.05, 4.69) is 16.4 Å². The lowest BCUT2D eigenvalue weighted by Crippen LogP contribution is -2.59. The number of hydrogen-bond donors (Lipinski definition) is 1. The van der Waals surface area contributed by atoms with E-state index in [0.717, 1.165) is 13.1 Å². The van der Waals surface area contributed by atoms with E-state index >= 15 is 0 Å². The lowest BCUT2D eigenvalue weighted by Gasteiger charge is -2.49. The summed E-state index contributed by atoms with van der Waals surface area (Å²) in [6.07, 6.45) is 4.77. The number of halogens is 1. The zero-order valence-corrected chi connectivity index (χ0v) is 10.1. The van der Waals surface area contributed by atoms with Gasteiger partial charge in [0.05, 0.1) is 0 Å². The molecule has 1 unspecified atom stereocenters.